The minimum atomic E-state index is -4.53. The lowest BCUT2D eigenvalue weighted by atomic mass is 9.90. The average Bonchev–Trinajstić information content (AvgIpc) is 3.34. The molecule has 12 heteroatoms. The molecule has 1 aromatic heterocycles. The van der Waals surface area contributed by atoms with Crippen molar-refractivity contribution in [3.05, 3.63) is 36.2 Å². The van der Waals surface area contributed by atoms with Gasteiger partial charge in [0, 0.05) is 17.6 Å². The first-order chi connectivity index (χ1) is 16.8. The zero-order valence-corrected chi connectivity index (χ0v) is 19.6. The number of anilines is 1. The molecular weight excluding hydrogens is 459 g/mol. The lowest BCUT2D eigenvalue weighted by Crippen LogP contribution is -2.90. The van der Waals surface area contributed by atoms with Gasteiger partial charge in [-0.25, -0.2) is 4.68 Å². The molecule has 0 spiro atoms. The topological polar surface area (TPSA) is 122 Å². The zero-order valence-electron chi connectivity index (χ0n) is 19.6. The number of aromatic nitrogens is 3. The van der Waals surface area contributed by atoms with Gasteiger partial charge in [0.25, 0.3) is 0 Å². The number of amidine groups is 1. The van der Waals surface area contributed by atoms with Gasteiger partial charge in [-0.1, -0.05) is 11.6 Å². The number of guanidine groups is 1. The van der Waals surface area contributed by atoms with Crippen molar-refractivity contribution in [2.24, 2.45) is 21.6 Å². The number of quaternary nitrogens is 1. The number of nitrogens with two attached hydrogens (primary N) is 2. The van der Waals surface area contributed by atoms with Crippen molar-refractivity contribution in [2.45, 2.75) is 62.3 Å². The number of halogens is 3. The number of rotatable bonds is 5. The fraction of sp³-hybridized carbons (Fsp3) is 0.565. The Kier molecular flexibility index (Phi) is 6.26. The van der Waals surface area contributed by atoms with Gasteiger partial charge in [-0.05, 0) is 43.9 Å². The van der Waals surface area contributed by atoms with E-state index in [9.17, 15) is 13.2 Å². The predicted molar refractivity (Wildman–Crippen MR) is 126 cm³/mol. The van der Waals surface area contributed by atoms with Crippen LogP contribution in [0.4, 0.5) is 18.9 Å². The van der Waals surface area contributed by atoms with Crippen LogP contribution in [0.2, 0.25) is 0 Å². The van der Waals surface area contributed by atoms with Crippen LogP contribution in [0.15, 0.2) is 40.6 Å². The number of nitrogens with one attached hydrogen (secondary N) is 2. The second-order valence-corrected chi connectivity index (χ2v) is 9.68. The molecule has 35 heavy (non-hydrogen) atoms. The summed E-state index contributed by atoms with van der Waals surface area (Å²) in [7, 11) is 2.09. The summed E-state index contributed by atoms with van der Waals surface area (Å²) in [6, 6.07) is 4.59. The highest BCUT2D eigenvalue weighted by Gasteiger charge is 2.49. The molecule has 188 valence electrons. The molecule has 0 saturated heterocycles. The molecule has 2 aliphatic carbocycles. The van der Waals surface area contributed by atoms with Crippen molar-refractivity contribution in [3.63, 3.8) is 0 Å². The second-order valence-electron chi connectivity index (χ2n) is 9.68. The Morgan fingerprint density at radius 3 is 2.69 bits per heavy atom. The quantitative estimate of drug-likeness (QED) is 0.508. The monoisotopic (exact) mass is 490 g/mol. The fourth-order valence-electron chi connectivity index (χ4n) is 5.06. The standard InChI is InChI=1S/C23H30F3N9/c1-28-17-4-2-3-5-18(17)32-21-29-13-16(22(27)8-9-22)20(33-21)31-14-6-7-15(23(24,25)26)19(12-14)35-11-10-30-34-35/h6-7,10-12,16-18,28H,2-5,8-9,13,27H2,1H3,(H2,29,31,32,33)/p+1. The van der Waals surface area contributed by atoms with Crippen molar-refractivity contribution in [3.8, 4) is 5.69 Å². The van der Waals surface area contributed by atoms with E-state index in [1.54, 1.807) is 0 Å². The number of benzene rings is 1. The maximum absolute atomic E-state index is 13.6. The predicted octanol–water partition coefficient (Wildman–Crippen LogP) is 1.67. The summed E-state index contributed by atoms with van der Waals surface area (Å²) >= 11 is 0. The number of hydrogen-bond donors (Lipinski definition) is 4. The van der Waals surface area contributed by atoms with Gasteiger partial charge < -0.3 is 21.7 Å². The SMILES string of the molecule is C[NH2+]C1CCCCC1NC1=NCC(C2(N)CC2)C(Nc2ccc(C(F)(F)F)c(-n3ccnn3)c2)=N1. The van der Waals surface area contributed by atoms with Crippen molar-refractivity contribution in [1.82, 2.24) is 20.3 Å². The van der Waals surface area contributed by atoms with E-state index in [4.69, 9.17) is 10.7 Å². The number of hydrogen-bond acceptors (Lipinski definition) is 7. The van der Waals surface area contributed by atoms with Crippen molar-refractivity contribution in [2.75, 3.05) is 18.9 Å². The first kappa shape index (κ1) is 23.7. The Hall–Kier alpha value is -2.99. The van der Waals surface area contributed by atoms with Gasteiger partial charge in [0.15, 0.2) is 0 Å². The number of alkyl halides is 3. The van der Waals surface area contributed by atoms with E-state index in [0.717, 1.165) is 42.9 Å². The third kappa shape index (κ3) is 5.03. The summed E-state index contributed by atoms with van der Waals surface area (Å²) in [5.41, 5.74) is 5.70. The van der Waals surface area contributed by atoms with Gasteiger partial charge in [0.1, 0.15) is 11.9 Å². The highest BCUT2D eigenvalue weighted by atomic mass is 19.4. The molecule has 9 nitrogen and oxygen atoms in total. The van der Waals surface area contributed by atoms with Gasteiger partial charge in [-0.2, -0.15) is 18.2 Å². The van der Waals surface area contributed by atoms with Gasteiger partial charge in [0.2, 0.25) is 5.96 Å². The summed E-state index contributed by atoms with van der Waals surface area (Å²) in [5.74, 6) is 1.04. The molecule has 2 fully saturated rings. The number of nitrogens with zero attached hydrogens (tertiary/aromatic N) is 5. The van der Waals surface area contributed by atoms with E-state index in [-0.39, 0.29) is 17.6 Å². The lowest BCUT2D eigenvalue weighted by Gasteiger charge is -2.32. The molecule has 3 aliphatic rings. The smallest absolute Gasteiger partial charge is 0.346 e. The van der Waals surface area contributed by atoms with E-state index >= 15 is 0 Å². The Balaban J connectivity index is 1.43. The molecule has 1 aromatic carbocycles. The highest BCUT2D eigenvalue weighted by molar-refractivity contribution is 6.07. The van der Waals surface area contributed by atoms with Crippen LogP contribution >= 0.6 is 0 Å². The Morgan fingerprint density at radius 1 is 1.20 bits per heavy atom. The Morgan fingerprint density at radius 2 is 2.00 bits per heavy atom. The molecule has 0 radical (unpaired) electrons. The van der Waals surface area contributed by atoms with E-state index in [2.05, 4.69) is 38.3 Å². The van der Waals surface area contributed by atoms with Crippen molar-refractivity contribution < 1.29 is 18.5 Å². The van der Waals surface area contributed by atoms with Crippen molar-refractivity contribution in [1.29, 1.82) is 0 Å². The minimum Gasteiger partial charge on any atom is -0.346 e. The minimum absolute atomic E-state index is 0.114. The molecule has 2 heterocycles. The average molecular weight is 491 g/mol. The summed E-state index contributed by atoms with van der Waals surface area (Å²) in [6.07, 6.45) is 4.49. The second kappa shape index (κ2) is 9.23. The number of aliphatic imine (C=N–C) groups is 2. The third-order valence-electron chi connectivity index (χ3n) is 7.31. The first-order valence-corrected chi connectivity index (χ1v) is 12.1. The van der Waals surface area contributed by atoms with Crippen LogP contribution in [0.3, 0.4) is 0 Å². The molecule has 1 aliphatic heterocycles. The lowest BCUT2D eigenvalue weighted by molar-refractivity contribution is -0.668. The molecule has 0 amide bonds. The Bertz CT molecular complexity index is 1110. The summed E-state index contributed by atoms with van der Waals surface area (Å²) < 4.78 is 42.0. The third-order valence-corrected chi connectivity index (χ3v) is 7.31. The van der Waals surface area contributed by atoms with Crippen LogP contribution in [0.25, 0.3) is 5.69 Å². The summed E-state index contributed by atoms with van der Waals surface area (Å²) in [5, 5.41) is 16.4. The van der Waals surface area contributed by atoms with Gasteiger partial charge in [0.05, 0.1) is 49.2 Å². The summed E-state index contributed by atoms with van der Waals surface area (Å²) in [4.78, 5) is 9.47. The maximum Gasteiger partial charge on any atom is 0.418 e. The van der Waals surface area contributed by atoms with Crippen LogP contribution in [-0.2, 0) is 6.18 Å². The van der Waals surface area contributed by atoms with Crippen molar-refractivity contribution >= 4 is 17.5 Å². The molecule has 3 unspecified atom stereocenters. The van der Waals surface area contributed by atoms with E-state index in [1.807, 2.05) is 0 Å². The highest BCUT2D eigenvalue weighted by Crippen LogP contribution is 2.42. The Labute approximate surface area is 201 Å². The normalized spacial score (nSPS) is 26.0. The first-order valence-electron chi connectivity index (χ1n) is 12.1. The molecule has 2 saturated carbocycles. The molecule has 5 rings (SSSR count). The van der Waals surface area contributed by atoms with E-state index in [1.165, 1.54) is 30.9 Å². The van der Waals surface area contributed by atoms with E-state index in [0.29, 0.717) is 30.1 Å². The van der Waals surface area contributed by atoms with Gasteiger partial charge in [-0.15, -0.1) is 5.10 Å². The largest absolute Gasteiger partial charge is 0.418 e. The van der Waals surface area contributed by atoms with Crippen LogP contribution in [0.5, 0.6) is 0 Å². The van der Waals surface area contributed by atoms with Crippen LogP contribution in [0.1, 0.15) is 44.1 Å². The molecule has 2 aromatic rings. The zero-order chi connectivity index (χ0) is 24.6. The molecule has 6 N–H and O–H groups in total. The van der Waals surface area contributed by atoms with Crippen LogP contribution in [-0.4, -0.2) is 58.0 Å². The van der Waals surface area contributed by atoms with E-state index < -0.39 is 17.3 Å². The molecule has 0 bridgehead atoms. The number of likely N-dealkylation sites (N-methyl/N-ethyl adjacent to an activating group) is 1. The maximum atomic E-state index is 13.6. The van der Waals surface area contributed by atoms with Crippen LogP contribution < -0.4 is 21.7 Å². The summed E-state index contributed by atoms with van der Waals surface area (Å²) in [6.45, 7) is 0.481. The van der Waals surface area contributed by atoms with Gasteiger partial charge in [-0.3, -0.25) is 4.99 Å². The van der Waals surface area contributed by atoms with Gasteiger partial charge >= 0.3 is 6.18 Å². The van der Waals surface area contributed by atoms with Crippen LogP contribution in [0, 0.1) is 5.92 Å². The fourth-order valence-corrected chi connectivity index (χ4v) is 5.06. The molecular formula is C23H31F3N9+. The molecule has 3 atom stereocenters.